The molecule has 0 saturated carbocycles. The minimum atomic E-state index is -0.220. The Bertz CT molecular complexity index is 354. The molecule has 1 aliphatic rings. The molecule has 0 spiro atoms. The van der Waals surface area contributed by atoms with E-state index < -0.39 is 0 Å². The molecule has 0 aromatic heterocycles. The molecular weight excluding hydrogens is 178 g/mol. The van der Waals surface area contributed by atoms with Crippen LogP contribution >= 0.6 is 0 Å². The van der Waals surface area contributed by atoms with Crippen molar-refractivity contribution in [2.45, 2.75) is 27.7 Å². The van der Waals surface area contributed by atoms with Gasteiger partial charge in [0.25, 0.3) is 0 Å². The molecule has 14 heavy (non-hydrogen) atoms. The van der Waals surface area contributed by atoms with E-state index in [1.165, 1.54) is 0 Å². The van der Waals surface area contributed by atoms with E-state index in [1.54, 1.807) is 19.1 Å². The summed E-state index contributed by atoms with van der Waals surface area (Å²) in [5, 5.41) is 11.8. The number of carbonyl (C=O) groups is 1. The fourth-order valence-electron chi connectivity index (χ4n) is 1.37. The second-order valence-electron chi connectivity index (χ2n) is 4.49. The summed E-state index contributed by atoms with van der Waals surface area (Å²) in [6.07, 6.45) is 3.22. The SMILES string of the molecule is CC1=CC(=NO)C=C(C(C)(C)C)C1=O. The summed E-state index contributed by atoms with van der Waals surface area (Å²) in [5.74, 6) is 0.0323. The van der Waals surface area contributed by atoms with Crippen molar-refractivity contribution in [3.05, 3.63) is 23.3 Å². The number of allylic oxidation sites excluding steroid dienone is 4. The molecule has 0 radical (unpaired) electrons. The predicted octanol–water partition coefficient (Wildman–Crippen LogP) is 2.32. The van der Waals surface area contributed by atoms with Crippen LogP contribution in [0.5, 0.6) is 0 Å². The first kappa shape index (κ1) is 10.7. The summed E-state index contributed by atoms with van der Waals surface area (Å²) in [5.41, 5.74) is 1.52. The summed E-state index contributed by atoms with van der Waals surface area (Å²) in [6.45, 7) is 7.62. The zero-order chi connectivity index (χ0) is 10.9. The summed E-state index contributed by atoms with van der Waals surface area (Å²) in [4.78, 5) is 11.8. The van der Waals surface area contributed by atoms with Gasteiger partial charge in [0.05, 0.1) is 0 Å². The van der Waals surface area contributed by atoms with Crippen LogP contribution in [0.2, 0.25) is 0 Å². The number of Topliss-reactive ketones (excluding diaryl/α,β-unsaturated/α-hetero) is 1. The van der Waals surface area contributed by atoms with Crippen molar-refractivity contribution in [3.8, 4) is 0 Å². The van der Waals surface area contributed by atoms with Gasteiger partial charge in [-0.15, -0.1) is 0 Å². The molecule has 0 unspecified atom stereocenters. The Kier molecular flexibility index (Phi) is 2.60. The van der Waals surface area contributed by atoms with Crippen LogP contribution in [-0.2, 0) is 4.79 Å². The summed E-state index contributed by atoms with van der Waals surface area (Å²) in [7, 11) is 0. The largest absolute Gasteiger partial charge is 0.410 e. The van der Waals surface area contributed by atoms with E-state index in [2.05, 4.69) is 5.16 Å². The molecule has 0 aliphatic heterocycles. The van der Waals surface area contributed by atoms with Gasteiger partial charge in [-0.3, -0.25) is 4.79 Å². The lowest BCUT2D eigenvalue weighted by Gasteiger charge is -2.24. The van der Waals surface area contributed by atoms with Crippen molar-refractivity contribution in [1.82, 2.24) is 0 Å². The van der Waals surface area contributed by atoms with Crippen LogP contribution in [0.4, 0.5) is 0 Å². The Balaban J connectivity index is 3.20. The van der Waals surface area contributed by atoms with Gasteiger partial charge in [-0.05, 0) is 30.1 Å². The third-order valence-electron chi connectivity index (χ3n) is 2.18. The third-order valence-corrected chi connectivity index (χ3v) is 2.18. The third kappa shape index (κ3) is 1.92. The van der Waals surface area contributed by atoms with Crippen molar-refractivity contribution in [2.24, 2.45) is 10.6 Å². The molecule has 0 aromatic rings. The van der Waals surface area contributed by atoms with Gasteiger partial charge >= 0.3 is 0 Å². The molecular formula is C11H15NO2. The van der Waals surface area contributed by atoms with E-state index in [9.17, 15) is 4.79 Å². The molecule has 3 heteroatoms. The van der Waals surface area contributed by atoms with Crippen LogP contribution in [0.25, 0.3) is 0 Å². The number of ketones is 1. The Labute approximate surface area is 83.8 Å². The van der Waals surface area contributed by atoms with Crippen molar-refractivity contribution in [1.29, 1.82) is 0 Å². The molecule has 1 N–H and O–H groups in total. The van der Waals surface area contributed by atoms with E-state index in [0.717, 1.165) is 0 Å². The maximum absolute atomic E-state index is 11.8. The quantitative estimate of drug-likeness (QED) is 0.364. The van der Waals surface area contributed by atoms with E-state index in [1.807, 2.05) is 20.8 Å². The van der Waals surface area contributed by atoms with Crippen LogP contribution in [0.3, 0.4) is 0 Å². The zero-order valence-electron chi connectivity index (χ0n) is 8.96. The maximum Gasteiger partial charge on any atom is 0.185 e. The van der Waals surface area contributed by atoms with Gasteiger partial charge in [-0.25, -0.2) is 0 Å². The van der Waals surface area contributed by atoms with Crippen LogP contribution < -0.4 is 0 Å². The lowest BCUT2D eigenvalue weighted by atomic mass is 9.79. The minimum Gasteiger partial charge on any atom is -0.410 e. The van der Waals surface area contributed by atoms with Gasteiger partial charge in [0, 0.05) is 5.57 Å². The molecule has 0 aromatic carbocycles. The van der Waals surface area contributed by atoms with Crippen LogP contribution in [0.15, 0.2) is 28.5 Å². The molecule has 0 saturated heterocycles. The number of oxime groups is 1. The van der Waals surface area contributed by atoms with Crippen molar-refractivity contribution in [2.75, 3.05) is 0 Å². The fourth-order valence-corrected chi connectivity index (χ4v) is 1.37. The molecule has 0 heterocycles. The highest BCUT2D eigenvalue weighted by Gasteiger charge is 2.27. The second kappa shape index (κ2) is 3.40. The number of rotatable bonds is 0. The van der Waals surface area contributed by atoms with Crippen LogP contribution in [0.1, 0.15) is 27.7 Å². The molecule has 1 aliphatic carbocycles. The van der Waals surface area contributed by atoms with Gasteiger partial charge in [0.1, 0.15) is 5.71 Å². The number of hydrogen-bond acceptors (Lipinski definition) is 3. The Morgan fingerprint density at radius 1 is 1.29 bits per heavy atom. The highest BCUT2D eigenvalue weighted by molar-refractivity contribution is 6.21. The van der Waals surface area contributed by atoms with Gasteiger partial charge in [0.2, 0.25) is 0 Å². The molecule has 0 fully saturated rings. The number of carbonyl (C=O) groups excluding carboxylic acids is 1. The first-order chi connectivity index (χ1) is 6.36. The molecule has 3 nitrogen and oxygen atoms in total. The highest BCUT2D eigenvalue weighted by Crippen LogP contribution is 2.30. The van der Waals surface area contributed by atoms with Crippen LogP contribution in [-0.4, -0.2) is 16.7 Å². The molecule has 76 valence electrons. The van der Waals surface area contributed by atoms with Crippen molar-refractivity contribution < 1.29 is 10.0 Å². The lowest BCUT2D eigenvalue weighted by Crippen LogP contribution is -2.23. The molecule has 0 amide bonds. The van der Waals surface area contributed by atoms with E-state index >= 15 is 0 Å². The Hall–Kier alpha value is -1.38. The van der Waals surface area contributed by atoms with Gasteiger partial charge in [0.15, 0.2) is 5.78 Å². The van der Waals surface area contributed by atoms with E-state index in [4.69, 9.17) is 5.21 Å². The fraction of sp³-hybridized carbons (Fsp3) is 0.455. The van der Waals surface area contributed by atoms with Gasteiger partial charge in [-0.2, -0.15) is 0 Å². The molecule has 1 rings (SSSR count). The zero-order valence-corrected chi connectivity index (χ0v) is 8.96. The summed E-state index contributed by atoms with van der Waals surface area (Å²) in [6, 6.07) is 0. The monoisotopic (exact) mass is 193 g/mol. The van der Waals surface area contributed by atoms with Crippen LogP contribution in [0, 0.1) is 5.41 Å². The topological polar surface area (TPSA) is 49.7 Å². The lowest BCUT2D eigenvalue weighted by molar-refractivity contribution is -0.113. The molecule has 0 atom stereocenters. The summed E-state index contributed by atoms with van der Waals surface area (Å²) < 4.78 is 0. The van der Waals surface area contributed by atoms with E-state index in [-0.39, 0.29) is 11.2 Å². The number of nitrogens with zero attached hydrogens (tertiary/aromatic N) is 1. The Morgan fingerprint density at radius 3 is 2.29 bits per heavy atom. The second-order valence-corrected chi connectivity index (χ2v) is 4.49. The minimum absolute atomic E-state index is 0.0323. The smallest absolute Gasteiger partial charge is 0.185 e. The van der Waals surface area contributed by atoms with Gasteiger partial charge < -0.3 is 5.21 Å². The average Bonchev–Trinajstić information content (AvgIpc) is 2.07. The van der Waals surface area contributed by atoms with Crippen molar-refractivity contribution >= 4 is 11.5 Å². The van der Waals surface area contributed by atoms with E-state index in [0.29, 0.717) is 16.9 Å². The normalized spacial score (nSPS) is 20.9. The summed E-state index contributed by atoms with van der Waals surface area (Å²) >= 11 is 0. The highest BCUT2D eigenvalue weighted by atomic mass is 16.4. The predicted molar refractivity (Wildman–Crippen MR) is 55.5 cm³/mol. The van der Waals surface area contributed by atoms with Crippen molar-refractivity contribution in [3.63, 3.8) is 0 Å². The Morgan fingerprint density at radius 2 is 1.86 bits per heavy atom. The standard InChI is InChI=1S/C11H15NO2/c1-7-5-8(12-14)6-9(10(7)13)11(2,3)4/h5-6,14H,1-4H3. The average molecular weight is 193 g/mol. The first-order valence-corrected chi connectivity index (χ1v) is 4.53. The molecule has 0 bridgehead atoms. The first-order valence-electron chi connectivity index (χ1n) is 4.53. The maximum atomic E-state index is 11.8. The van der Waals surface area contributed by atoms with Gasteiger partial charge in [-0.1, -0.05) is 25.9 Å². The number of hydrogen-bond donors (Lipinski definition) is 1.